The summed E-state index contributed by atoms with van der Waals surface area (Å²) in [5.74, 6) is 0. The van der Waals surface area contributed by atoms with Gasteiger partial charge in [-0.2, -0.15) is 0 Å². The van der Waals surface area contributed by atoms with Gasteiger partial charge in [0.25, 0.3) is 5.56 Å². The lowest BCUT2D eigenvalue weighted by Gasteiger charge is -2.14. The highest BCUT2D eigenvalue weighted by Crippen LogP contribution is 2.32. The summed E-state index contributed by atoms with van der Waals surface area (Å²) >= 11 is 0. The fraction of sp³-hybridized carbons (Fsp3) is 0.310. The second-order valence-corrected chi connectivity index (χ2v) is 9.76. The smallest absolute Gasteiger partial charge is 0.323 e. The van der Waals surface area contributed by atoms with Gasteiger partial charge in [-0.3, -0.25) is 4.79 Å². The second kappa shape index (κ2) is 9.10. The van der Waals surface area contributed by atoms with E-state index in [9.17, 15) is 9.59 Å². The zero-order valence-electron chi connectivity index (χ0n) is 20.8. The third kappa shape index (κ3) is 4.36. The summed E-state index contributed by atoms with van der Waals surface area (Å²) in [5.41, 5.74) is 8.94. The predicted octanol–water partition coefficient (Wildman–Crippen LogP) is 5.79. The van der Waals surface area contributed by atoms with Crippen LogP contribution in [0.4, 0.5) is 0 Å². The molecule has 5 rings (SSSR count). The average molecular weight is 469 g/mol. The maximum absolute atomic E-state index is 12.8. The van der Waals surface area contributed by atoms with Gasteiger partial charge in [0.15, 0.2) is 0 Å². The van der Waals surface area contributed by atoms with Crippen LogP contribution in [0, 0.1) is 6.92 Å². The van der Waals surface area contributed by atoms with Gasteiger partial charge in [0.1, 0.15) is 0 Å². The van der Waals surface area contributed by atoms with Crippen LogP contribution in [0.1, 0.15) is 55.6 Å². The molecule has 180 valence electrons. The molecule has 35 heavy (non-hydrogen) atoms. The summed E-state index contributed by atoms with van der Waals surface area (Å²) in [6.45, 7) is 8.47. The number of fused-ring (bicyclic) bond motifs is 2. The predicted molar refractivity (Wildman–Crippen MR) is 143 cm³/mol. The summed E-state index contributed by atoms with van der Waals surface area (Å²) in [6, 6.07) is 15.1. The molecule has 6 heteroatoms. The third-order valence-corrected chi connectivity index (χ3v) is 6.86. The second-order valence-electron chi connectivity index (χ2n) is 9.76. The van der Waals surface area contributed by atoms with E-state index in [4.69, 9.17) is 0 Å². The molecule has 0 aliphatic rings. The molecular formula is C29H32N4O2. The Balaban J connectivity index is 1.61. The molecule has 0 radical (unpaired) electrons. The van der Waals surface area contributed by atoms with Crippen LogP contribution >= 0.6 is 0 Å². The van der Waals surface area contributed by atoms with Crippen molar-refractivity contribution in [1.82, 2.24) is 19.5 Å². The zero-order valence-corrected chi connectivity index (χ0v) is 20.8. The largest absolute Gasteiger partial charge is 0.345 e. The Kier molecular flexibility index (Phi) is 5.97. The van der Waals surface area contributed by atoms with Crippen molar-refractivity contribution in [2.45, 2.75) is 59.4 Å². The molecule has 0 amide bonds. The molecule has 2 aromatic carbocycles. The van der Waals surface area contributed by atoms with Gasteiger partial charge in [-0.25, -0.2) is 4.79 Å². The van der Waals surface area contributed by atoms with Crippen LogP contribution < -0.4 is 11.2 Å². The summed E-state index contributed by atoms with van der Waals surface area (Å²) in [5, 5.41) is 1.22. The fourth-order valence-electron chi connectivity index (χ4n) is 5.18. The Bertz CT molecular complexity index is 1650. The fourth-order valence-corrected chi connectivity index (χ4v) is 5.18. The maximum Gasteiger partial charge on any atom is 0.323 e. The van der Waals surface area contributed by atoms with E-state index >= 15 is 0 Å². The van der Waals surface area contributed by atoms with E-state index in [0.717, 1.165) is 58.2 Å². The number of rotatable bonds is 7. The van der Waals surface area contributed by atoms with Crippen molar-refractivity contribution in [3.8, 4) is 11.1 Å². The van der Waals surface area contributed by atoms with E-state index in [0.29, 0.717) is 12.5 Å². The number of hydrogen-bond donors (Lipinski definition) is 3. The van der Waals surface area contributed by atoms with Gasteiger partial charge in [0.05, 0.1) is 11.0 Å². The molecule has 0 aliphatic carbocycles. The number of pyridine rings is 1. The number of imidazole rings is 1. The molecule has 0 spiro atoms. The Labute approximate surface area is 204 Å². The number of hydrogen-bond acceptors (Lipinski definition) is 2. The van der Waals surface area contributed by atoms with Gasteiger partial charge in [-0.05, 0) is 92.6 Å². The van der Waals surface area contributed by atoms with E-state index in [2.05, 4.69) is 70.8 Å². The van der Waals surface area contributed by atoms with E-state index in [1.807, 2.05) is 25.1 Å². The van der Waals surface area contributed by atoms with Crippen LogP contribution in [0.15, 0.2) is 58.3 Å². The molecule has 3 aromatic heterocycles. The zero-order chi connectivity index (χ0) is 24.7. The molecule has 5 aromatic rings. The number of nitrogens with zero attached hydrogens (tertiary/aromatic N) is 1. The van der Waals surface area contributed by atoms with Gasteiger partial charge >= 0.3 is 5.69 Å². The standard InChI is InChI=1S/C29H32N4O2/c1-5-6-20-13-18(4)30-28(34)24(20)9-7-21-14-22(16-27-23(21)11-12-33(27)17(2)3)19-8-10-25-26(15-19)32-29(35)31-25/h8,10-17H,5-7,9H2,1-4H3,(H,30,34)(H2,31,32,35). The molecule has 0 aliphatic heterocycles. The van der Waals surface area contributed by atoms with Gasteiger partial charge in [0, 0.05) is 34.4 Å². The van der Waals surface area contributed by atoms with Crippen molar-refractivity contribution in [3.63, 3.8) is 0 Å². The highest BCUT2D eigenvalue weighted by Gasteiger charge is 2.14. The first kappa shape index (κ1) is 23.0. The Morgan fingerprint density at radius 1 is 0.829 bits per heavy atom. The molecule has 3 N–H and O–H groups in total. The van der Waals surface area contributed by atoms with Crippen LogP contribution in [0.25, 0.3) is 33.1 Å². The first-order chi connectivity index (χ1) is 16.8. The number of H-pyrrole nitrogens is 3. The van der Waals surface area contributed by atoms with Crippen molar-refractivity contribution < 1.29 is 0 Å². The summed E-state index contributed by atoms with van der Waals surface area (Å²) in [4.78, 5) is 33.3. The molecular weight excluding hydrogens is 436 g/mol. The van der Waals surface area contributed by atoms with Crippen LogP contribution in [0.5, 0.6) is 0 Å². The number of aryl methyl sites for hydroxylation is 3. The lowest BCUT2D eigenvalue weighted by Crippen LogP contribution is -2.17. The van der Waals surface area contributed by atoms with E-state index in [1.54, 1.807) is 0 Å². The van der Waals surface area contributed by atoms with Crippen LogP contribution in [-0.4, -0.2) is 19.5 Å². The maximum atomic E-state index is 12.8. The lowest BCUT2D eigenvalue weighted by molar-refractivity contribution is 0.623. The van der Waals surface area contributed by atoms with Crippen LogP contribution in [-0.2, 0) is 19.3 Å². The highest BCUT2D eigenvalue weighted by atomic mass is 16.1. The van der Waals surface area contributed by atoms with E-state index < -0.39 is 0 Å². The van der Waals surface area contributed by atoms with Crippen molar-refractivity contribution in [2.75, 3.05) is 0 Å². The number of aromatic nitrogens is 4. The minimum absolute atomic E-state index is 0.0301. The number of benzene rings is 2. The van der Waals surface area contributed by atoms with Crippen molar-refractivity contribution in [2.24, 2.45) is 0 Å². The van der Waals surface area contributed by atoms with E-state index in [-0.39, 0.29) is 11.2 Å². The highest BCUT2D eigenvalue weighted by molar-refractivity contribution is 5.90. The van der Waals surface area contributed by atoms with Gasteiger partial charge in [-0.15, -0.1) is 0 Å². The van der Waals surface area contributed by atoms with Gasteiger partial charge in [-0.1, -0.05) is 25.5 Å². The van der Waals surface area contributed by atoms with Gasteiger partial charge in [0.2, 0.25) is 0 Å². The molecule has 0 atom stereocenters. The van der Waals surface area contributed by atoms with Gasteiger partial charge < -0.3 is 19.5 Å². The molecule has 6 nitrogen and oxygen atoms in total. The number of aromatic amines is 3. The van der Waals surface area contributed by atoms with Crippen LogP contribution in [0.3, 0.4) is 0 Å². The number of nitrogens with one attached hydrogen (secondary N) is 3. The molecule has 0 saturated carbocycles. The van der Waals surface area contributed by atoms with Crippen molar-refractivity contribution in [3.05, 3.63) is 91.9 Å². The summed E-state index contributed by atoms with van der Waals surface area (Å²) in [7, 11) is 0. The molecule has 0 fully saturated rings. The molecule has 0 saturated heterocycles. The average Bonchev–Trinajstić information content (AvgIpc) is 3.40. The third-order valence-electron chi connectivity index (χ3n) is 6.86. The normalized spacial score (nSPS) is 11.8. The van der Waals surface area contributed by atoms with E-state index in [1.165, 1.54) is 16.5 Å². The van der Waals surface area contributed by atoms with Crippen molar-refractivity contribution in [1.29, 1.82) is 0 Å². The Hall–Kier alpha value is -3.80. The SMILES string of the molecule is CCCc1cc(C)[nH]c(=O)c1CCc1cc(-c2ccc3[nH]c(=O)[nH]c3c2)cc2c1ccn2C(C)C. The summed E-state index contributed by atoms with van der Waals surface area (Å²) in [6.07, 6.45) is 5.54. The first-order valence-corrected chi connectivity index (χ1v) is 12.4. The first-order valence-electron chi connectivity index (χ1n) is 12.4. The van der Waals surface area contributed by atoms with Crippen molar-refractivity contribution >= 4 is 21.9 Å². The Morgan fingerprint density at radius 2 is 1.63 bits per heavy atom. The Morgan fingerprint density at radius 3 is 2.40 bits per heavy atom. The molecule has 0 bridgehead atoms. The lowest BCUT2D eigenvalue weighted by atomic mass is 9.94. The summed E-state index contributed by atoms with van der Waals surface area (Å²) < 4.78 is 2.29. The quantitative estimate of drug-likeness (QED) is 0.282. The monoisotopic (exact) mass is 468 g/mol. The minimum atomic E-state index is -0.201. The molecule has 0 unspecified atom stereocenters. The molecule has 3 heterocycles. The minimum Gasteiger partial charge on any atom is -0.345 e. The van der Waals surface area contributed by atoms with Crippen LogP contribution in [0.2, 0.25) is 0 Å². The topological polar surface area (TPSA) is 86.4 Å².